The summed E-state index contributed by atoms with van der Waals surface area (Å²) in [6.45, 7) is 4.82. The fourth-order valence-electron chi connectivity index (χ4n) is 1.08. The Labute approximate surface area is 110 Å². The van der Waals surface area contributed by atoms with E-state index in [4.69, 9.17) is 4.84 Å². The van der Waals surface area contributed by atoms with Crippen molar-refractivity contribution in [3.05, 3.63) is 28.7 Å². The summed E-state index contributed by atoms with van der Waals surface area (Å²) in [5.74, 6) is 0.313. The van der Waals surface area contributed by atoms with Gasteiger partial charge in [0, 0.05) is 10.2 Å². The SMILES string of the molecule is CC(C)CONCC(=O)Nc1ccc(Br)cc1. The van der Waals surface area contributed by atoms with Gasteiger partial charge in [-0.05, 0) is 30.2 Å². The van der Waals surface area contributed by atoms with E-state index in [9.17, 15) is 4.79 Å². The number of benzene rings is 1. The molecule has 1 aromatic rings. The minimum Gasteiger partial charge on any atom is -0.325 e. The summed E-state index contributed by atoms with van der Waals surface area (Å²) in [5.41, 5.74) is 3.39. The quantitative estimate of drug-likeness (QED) is 0.627. The Hall–Kier alpha value is -0.910. The molecule has 0 spiro atoms. The van der Waals surface area contributed by atoms with Gasteiger partial charge in [-0.3, -0.25) is 4.79 Å². The second kappa shape index (κ2) is 7.42. The van der Waals surface area contributed by atoms with E-state index >= 15 is 0 Å². The van der Waals surface area contributed by atoms with Gasteiger partial charge in [0.05, 0.1) is 6.61 Å². The molecule has 1 amide bonds. The van der Waals surface area contributed by atoms with E-state index in [-0.39, 0.29) is 12.5 Å². The number of nitrogens with one attached hydrogen (secondary N) is 2. The van der Waals surface area contributed by atoms with Crippen LogP contribution in [0.25, 0.3) is 0 Å². The molecule has 0 atom stereocenters. The standard InChI is InChI=1S/C12H17BrN2O2/c1-9(2)8-17-14-7-12(16)15-11-5-3-10(13)4-6-11/h3-6,9,14H,7-8H2,1-2H3,(H,15,16). The van der Waals surface area contributed by atoms with E-state index < -0.39 is 0 Å². The maximum absolute atomic E-state index is 11.5. The Morgan fingerprint density at radius 1 is 1.35 bits per heavy atom. The summed E-state index contributed by atoms with van der Waals surface area (Å²) in [7, 11) is 0. The zero-order chi connectivity index (χ0) is 12.7. The molecule has 0 radical (unpaired) electrons. The van der Waals surface area contributed by atoms with Crippen LogP contribution in [-0.2, 0) is 9.63 Å². The maximum Gasteiger partial charge on any atom is 0.240 e. The first-order chi connectivity index (χ1) is 8.08. The zero-order valence-electron chi connectivity index (χ0n) is 10.00. The molecule has 0 fully saturated rings. The Morgan fingerprint density at radius 3 is 2.59 bits per heavy atom. The molecular formula is C12H17BrN2O2. The number of halogens is 1. The van der Waals surface area contributed by atoms with Gasteiger partial charge < -0.3 is 10.2 Å². The maximum atomic E-state index is 11.5. The summed E-state index contributed by atoms with van der Waals surface area (Å²) in [5, 5.41) is 2.75. The van der Waals surface area contributed by atoms with Gasteiger partial charge in [-0.25, -0.2) is 0 Å². The minimum absolute atomic E-state index is 0.129. The predicted molar refractivity (Wildman–Crippen MR) is 71.6 cm³/mol. The van der Waals surface area contributed by atoms with Crippen molar-refractivity contribution in [3.8, 4) is 0 Å². The highest BCUT2D eigenvalue weighted by atomic mass is 79.9. The lowest BCUT2D eigenvalue weighted by Gasteiger charge is -2.08. The lowest BCUT2D eigenvalue weighted by Crippen LogP contribution is -2.29. The van der Waals surface area contributed by atoms with E-state index in [2.05, 4.69) is 26.7 Å². The molecule has 0 aliphatic carbocycles. The smallest absolute Gasteiger partial charge is 0.240 e. The molecular weight excluding hydrogens is 284 g/mol. The number of carbonyl (C=O) groups excluding carboxylic acids is 1. The lowest BCUT2D eigenvalue weighted by molar-refractivity contribution is -0.118. The van der Waals surface area contributed by atoms with Crippen molar-refractivity contribution in [1.29, 1.82) is 0 Å². The zero-order valence-corrected chi connectivity index (χ0v) is 11.6. The molecule has 0 heterocycles. The van der Waals surface area contributed by atoms with Crippen LogP contribution < -0.4 is 10.8 Å². The summed E-state index contributed by atoms with van der Waals surface area (Å²) in [4.78, 5) is 16.6. The number of anilines is 1. The highest BCUT2D eigenvalue weighted by Gasteiger charge is 2.02. The van der Waals surface area contributed by atoms with Gasteiger partial charge in [-0.2, -0.15) is 5.48 Å². The van der Waals surface area contributed by atoms with Gasteiger partial charge in [-0.15, -0.1) is 0 Å². The second-order valence-corrected chi connectivity index (χ2v) is 5.00. The number of carbonyl (C=O) groups is 1. The van der Waals surface area contributed by atoms with Gasteiger partial charge >= 0.3 is 0 Å². The minimum atomic E-state index is -0.129. The normalized spacial score (nSPS) is 10.6. The van der Waals surface area contributed by atoms with Crippen molar-refractivity contribution in [2.45, 2.75) is 13.8 Å². The molecule has 2 N–H and O–H groups in total. The van der Waals surface area contributed by atoms with E-state index in [0.717, 1.165) is 10.2 Å². The van der Waals surface area contributed by atoms with Crippen molar-refractivity contribution < 1.29 is 9.63 Å². The molecule has 5 heteroatoms. The van der Waals surface area contributed by atoms with Crippen LogP contribution in [0.15, 0.2) is 28.7 Å². The van der Waals surface area contributed by atoms with Crippen molar-refractivity contribution in [2.24, 2.45) is 5.92 Å². The molecule has 0 unspecified atom stereocenters. The van der Waals surface area contributed by atoms with Crippen LogP contribution in [-0.4, -0.2) is 19.1 Å². The molecule has 1 rings (SSSR count). The highest BCUT2D eigenvalue weighted by Crippen LogP contribution is 2.13. The lowest BCUT2D eigenvalue weighted by atomic mass is 10.2. The summed E-state index contributed by atoms with van der Waals surface area (Å²) < 4.78 is 0.980. The first-order valence-electron chi connectivity index (χ1n) is 5.48. The first kappa shape index (κ1) is 14.2. The Bertz CT molecular complexity index is 352. The third kappa shape index (κ3) is 6.41. The van der Waals surface area contributed by atoms with E-state index in [1.54, 1.807) is 0 Å². The van der Waals surface area contributed by atoms with Crippen LogP contribution in [0.3, 0.4) is 0 Å². The second-order valence-electron chi connectivity index (χ2n) is 4.08. The largest absolute Gasteiger partial charge is 0.325 e. The Balaban J connectivity index is 2.23. The van der Waals surface area contributed by atoms with Crippen LogP contribution in [0.4, 0.5) is 5.69 Å². The van der Waals surface area contributed by atoms with Gasteiger partial charge in [0.25, 0.3) is 0 Å². The van der Waals surface area contributed by atoms with Crippen LogP contribution in [0.1, 0.15) is 13.8 Å². The highest BCUT2D eigenvalue weighted by molar-refractivity contribution is 9.10. The van der Waals surface area contributed by atoms with Crippen molar-refractivity contribution >= 4 is 27.5 Å². The summed E-state index contributed by atoms with van der Waals surface area (Å²) in [6.07, 6.45) is 0. The monoisotopic (exact) mass is 300 g/mol. The van der Waals surface area contributed by atoms with Crippen molar-refractivity contribution in [3.63, 3.8) is 0 Å². The number of hydrogen-bond acceptors (Lipinski definition) is 3. The average Bonchev–Trinajstić information content (AvgIpc) is 2.27. The number of hydroxylamine groups is 1. The van der Waals surface area contributed by atoms with Crippen molar-refractivity contribution in [2.75, 3.05) is 18.5 Å². The third-order valence-electron chi connectivity index (χ3n) is 1.88. The van der Waals surface area contributed by atoms with E-state index in [1.165, 1.54) is 0 Å². The molecule has 0 saturated heterocycles. The van der Waals surface area contributed by atoms with Crippen LogP contribution in [0.5, 0.6) is 0 Å². The third-order valence-corrected chi connectivity index (χ3v) is 2.41. The van der Waals surface area contributed by atoms with Crippen molar-refractivity contribution in [1.82, 2.24) is 5.48 Å². The fraction of sp³-hybridized carbons (Fsp3) is 0.417. The summed E-state index contributed by atoms with van der Waals surface area (Å²) >= 11 is 3.33. The summed E-state index contributed by atoms with van der Waals surface area (Å²) in [6, 6.07) is 7.41. The number of rotatable bonds is 6. The first-order valence-corrected chi connectivity index (χ1v) is 6.27. The van der Waals surface area contributed by atoms with Crippen LogP contribution in [0.2, 0.25) is 0 Å². The van der Waals surface area contributed by atoms with Crippen LogP contribution >= 0.6 is 15.9 Å². The molecule has 0 aromatic heterocycles. The molecule has 0 bridgehead atoms. The van der Waals surface area contributed by atoms with Gasteiger partial charge in [0.2, 0.25) is 5.91 Å². The Morgan fingerprint density at radius 2 is 2.00 bits per heavy atom. The topological polar surface area (TPSA) is 50.4 Å². The van der Waals surface area contributed by atoms with E-state index in [1.807, 2.05) is 38.1 Å². The van der Waals surface area contributed by atoms with Gasteiger partial charge in [0.15, 0.2) is 0 Å². The van der Waals surface area contributed by atoms with Gasteiger partial charge in [-0.1, -0.05) is 29.8 Å². The molecule has 1 aromatic carbocycles. The number of hydrogen-bond donors (Lipinski definition) is 2. The Kier molecular flexibility index (Phi) is 6.18. The molecule has 17 heavy (non-hydrogen) atoms. The van der Waals surface area contributed by atoms with Crippen LogP contribution in [0, 0.1) is 5.92 Å². The predicted octanol–water partition coefficient (Wildman–Crippen LogP) is 2.56. The molecule has 4 nitrogen and oxygen atoms in total. The molecule has 94 valence electrons. The fourth-order valence-corrected chi connectivity index (χ4v) is 1.34. The van der Waals surface area contributed by atoms with E-state index in [0.29, 0.717) is 12.5 Å². The molecule has 0 saturated carbocycles. The molecule has 0 aliphatic rings. The van der Waals surface area contributed by atoms with Gasteiger partial charge in [0.1, 0.15) is 6.54 Å². The number of amides is 1. The average molecular weight is 301 g/mol. The molecule has 0 aliphatic heterocycles.